The fourth-order valence-electron chi connectivity index (χ4n) is 1.81. The summed E-state index contributed by atoms with van der Waals surface area (Å²) in [7, 11) is 0. The van der Waals surface area contributed by atoms with E-state index < -0.39 is 12.4 Å². The van der Waals surface area contributed by atoms with Crippen molar-refractivity contribution in [3.8, 4) is 5.75 Å². The molecular weight excluding hydrogens is 311 g/mol. The summed E-state index contributed by atoms with van der Waals surface area (Å²) in [6.45, 7) is 0.345. The quantitative estimate of drug-likeness (QED) is 0.802. The summed E-state index contributed by atoms with van der Waals surface area (Å²) in [4.78, 5) is 11.8. The lowest BCUT2D eigenvalue weighted by molar-refractivity contribution is -0.274. The normalized spacial score (nSPS) is 11.0. The first-order chi connectivity index (χ1) is 10.9. The molecule has 0 unspecified atom stereocenters. The molecule has 0 aliphatic carbocycles. The molecule has 0 bridgehead atoms. The number of benzene rings is 2. The molecular formula is C15H14F3N3O2. The van der Waals surface area contributed by atoms with E-state index >= 15 is 0 Å². The maximum absolute atomic E-state index is 12.0. The lowest BCUT2D eigenvalue weighted by Gasteiger charge is -2.11. The Kier molecular flexibility index (Phi) is 5.07. The van der Waals surface area contributed by atoms with Crippen molar-refractivity contribution in [2.24, 2.45) is 5.73 Å². The molecule has 2 rings (SSSR count). The molecule has 2 aromatic rings. The summed E-state index contributed by atoms with van der Waals surface area (Å²) >= 11 is 0. The number of alkyl halides is 3. The molecule has 0 saturated carbocycles. The van der Waals surface area contributed by atoms with Gasteiger partial charge in [-0.05, 0) is 42.0 Å². The van der Waals surface area contributed by atoms with Crippen LogP contribution >= 0.6 is 0 Å². The van der Waals surface area contributed by atoms with E-state index in [1.54, 1.807) is 18.2 Å². The summed E-state index contributed by atoms with van der Waals surface area (Å²) in [6.07, 6.45) is -4.75. The summed E-state index contributed by atoms with van der Waals surface area (Å²) < 4.78 is 39.9. The van der Waals surface area contributed by atoms with Gasteiger partial charge in [0.2, 0.25) is 0 Å². The minimum Gasteiger partial charge on any atom is -0.406 e. The Labute approximate surface area is 130 Å². The van der Waals surface area contributed by atoms with Gasteiger partial charge in [0, 0.05) is 17.9 Å². The van der Waals surface area contributed by atoms with E-state index in [4.69, 9.17) is 5.73 Å². The number of ether oxygens (including phenoxy) is 1. The number of anilines is 2. The maximum Gasteiger partial charge on any atom is 0.573 e. The molecule has 8 heteroatoms. The van der Waals surface area contributed by atoms with E-state index in [0.717, 1.165) is 17.7 Å². The lowest BCUT2D eigenvalue weighted by atomic mass is 10.2. The van der Waals surface area contributed by atoms with Crippen LogP contribution in [-0.4, -0.2) is 12.4 Å². The van der Waals surface area contributed by atoms with Gasteiger partial charge in [0.05, 0.1) is 0 Å². The topological polar surface area (TPSA) is 76.4 Å². The molecule has 0 aliphatic heterocycles. The van der Waals surface area contributed by atoms with Crippen LogP contribution in [0, 0.1) is 0 Å². The average molecular weight is 325 g/mol. The number of nitrogens with one attached hydrogen (secondary N) is 2. The van der Waals surface area contributed by atoms with Gasteiger partial charge in [0.15, 0.2) is 0 Å². The van der Waals surface area contributed by atoms with Crippen LogP contribution in [0.3, 0.4) is 0 Å². The molecule has 0 atom stereocenters. The highest BCUT2D eigenvalue weighted by Gasteiger charge is 2.30. The summed E-state index contributed by atoms with van der Waals surface area (Å²) in [5, 5.41) is 5.10. The van der Waals surface area contributed by atoms with Gasteiger partial charge in [0.25, 0.3) is 0 Å². The molecule has 0 radical (unpaired) electrons. The number of hydrogen-bond donors (Lipinski definition) is 3. The number of carbonyl (C=O) groups excluding carboxylic acids is 1. The second kappa shape index (κ2) is 7.01. The van der Waals surface area contributed by atoms with Gasteiger partial charge < -0.3 is 21.1 Å². The highest BCUT2D eigenvalue weighted by Crippen LogP contribution is 2.24. The molecule has 5 nitrogen and oxygen atoms in total. The van der Waals surface area contributed by atoms with Crippen LogP contribution < -0.4 is 21.1 Å². The highest BCUT2D eigenvalue weighted by molar-refractivity contribution is 5.99. The molecule has 23 heavy (non-hydrogen) atoms. The standard InChI is InChI=1S/C15H14F3N3O2/c16-15(17,18)23-13-6-4-11(5-7-13)20-14(22)21-12-3-1-2-10(8-12)9-19/h1-8H,9,19H2,(H2,20,21,22). The predicted molar refractivity (Wildman–Crippen MR) is 80.1 cm³/mol. The van der Waals surface area contributed by atoms with E-state index in [1.807, 2.05) is 6.07 Å². The second-order valence-corrected chi connectivity index (χ2v) is 4.56. The third kappa shape index (κ3) is 5.51. The zero-order chi connectivity index (χ0) is 16.9. The predicted octanol–water partition coefficient (Wildman–Crippen LogP) is 3.69. The van der Waals surface area contributed by atoms with Crippen molar-refractivity contribution in [1.82, 2.24) is 0 Å². The Morgan fingerprint density at radius 2 is 1.70 bits per heavy atom. The van der Waals surface area contributed by atoms with Gasteiger partial charge in [-0.1, -0.05) is 12.1 Å². The van der Waals surface area contributed by atoms with Gasteiger partial charge in [-0.15, -0.1) is 13.2 Å². The number of halogens is 3. The first-order valence-electron chi connectivity index (χ1n) is 6.58. The van der Waals surface area contributed by atoms with Crippen molar-refractivity contribution in [3.05, 3.63) is 54.1 Å². The van der Waals surface area contributed by atoms with Crippen LogP contribution in [0.1, 0.15) is 5.56 Å². The Morgan fingerprint density at radius 3 is 2.30 bits per heavy atom. The molecule has 0 aromatic heterocycles. The fraction of sp³-hybridized carbons (Fsp3) is 0.133. The lowest BCUT2D eigenvalue weighted by Crippen LogP contribution is -2.20. The largest absolute Gasteiger partial charge is 0.573 e. The Balaban J connectivity index is 1.94. The summed E-state index contributed by atoms with van der Waals surface area (Å²) in [6, 6.07) is 11.3. The molecule has 4 N–H and O–H groups in total. The smallest absolute Gasteiger partial charge is 0.406 e. The molecule has 0 spiro atoms. The fourth-order valence-corrected chi connectivity index (χ4v) is 1.81. The van der Waals surface area contributed by atoms with E-state index in [2.05, 4.69) is 15.4 Å². The van der Waals surface area contributed by atoms with Crippen LogP contribution in [0.5, 0.6) is 5.75 Å². The molecule has 2 amide bonds. The molecule has 0 fully saturated rings. The van der Waals surface area contributed by atoms with Crippen molar-refractivity contribution in [3.63, 3.8) is 0 Å². The third-order valence-corrected chi connectivity index (χ3v) is 2.77. The summed E-state index contributed by atoms with van der Waals surface area (Å²) in [5.41, 5.74) is 7.25. The van der Waals surface area contributed by atoms with Crippen molar-refractivity contribution in [2.75, 3.05) is 10.6 Å². The van der Waals surface area contributed by atoms with E-state index in [9.17, 15) is 18.0 Å². The van der Waals surface area contributed by atoms with Gasteiger partial charge in [-0.25, -0.2) is 4.79 Å². The molecule has 0 aliphatic rings. The van der Waals surface area contributed by atoms with Crippen LogP contribution in [0.25, 0.3) is 0 Å². The maximum atomic E-state index is 12.0. The van der Waals surface area contributed by atoms with Crippen LogP contribution in [0.15, 0.2) is 48.5 Å². The first kappa shape index (κ1) is 16.6. The molecule has 122 valence electrons. The molecule has 0 saturated heterocycles. The SMILES string of the molecule is NCc1cccc(NC(=O)Nc2ccc(OC(F)(F)F)cc2)c1. The molecule has 2 aromatic carbocycles. The van der Waals surface area contributed by atoms with Crippen molar-refractivity contribution in [1.29, 1.82) is 0 Å². The number of carbonyl (C=O) groups is 1. The van der Waals surface area contributed by atoms with E-state index in [0.29, 0.717) is 17.9 Å². The van der Waals surface area contributed by atoms with Gasteiger partial charge in [-0.3, -0.25) is 0 Å². The van der Waals surface area contributed by atoms with Crippen LogP contribution in [0.2, 0.25) is 0 Å². The Bertz CT molecular complexity index is 672. The zero-order valence-electron chi connectivity index (χ0n) is 11.9. The van der Waals surface area contributed by atoms with Crippen LogP contribution in [-0.2, 0) is 6.54 Å². The minimum atomic E-state index is -4.75. The first-order valence-corrected chi connectivity index (χ1v) is 6.58. The zero-order valence-corrected chi connectivity index (χ0v) is 11.9. The third-order valence-electron chi connectivity index (χ3n) is 2.77. The van der Waals surface area contributed by atoms with Crippen LogP contribution in [0.4, 0.5) is 29.3 Å². The molecule has 0 heterocycles. The number of urea groups is 1. The number of nitrogens with two attached hydrogens (primary N) is 1. The monoisotopic (exact) mass is 325 g/mol. The van der Waals surface area contributed by atoms with Crippen molar-refractivity contribution >= 4 is 17.4 Å². The van der Waals surface area contributed by atoms with Gasteiger partial charge in [0.1, 0.15) is 5.75 Å². The van der Waals surface area contributed by atoms with Gasteiger partial charge >= 0.3 is 12.4 Å². The number of rotatable bonds is 4. The van der Waals surface area contributed by atoms with E-state index in [1.165, 1.54) is 12.1 Å². The average Bonchev–Trinajstić information content (AvgIpc) is 2.48. The number of amides is 2. The van der Waals surface area contributed by atoms with Crippen molar-refractivity contribution < 1.29 is 22.7 Å². The Morgan fingerprint density at radius 1 is 1.04 bits per heavy atom. The van der Waals surface area contributed by atoms with Gasteiger partial charge in [-0.2, -0.15) is 0 Å². The van der Waals surface area contributed by atoms with E-state index in [-0.39, 0.29) is 5.75 Å². The second-order valence-electron chi connectivity index (χ2n) is 4.56. The van der Waals surface area contributed by atoms with Crippen molar-refractivity contribution in [2.45, 2.75) is 12.9 Å². The number of hydrogen-bond acceptors (Lipinski definition) is 3. The summed E-state index contributed by atoms with van der Waals surface area (Å²) in [5.74, 6) is -0.362. The Hall–Kier alpha value is -2.74. The highest BCUT2D eigenvalue weighted by atomic mass is 19.4. The minimum absolute atomic E-state index is 0.326.